The molecule has 1 heterocycles. The molecule has 0 aromatic heterocycles. The minimum Gasteiger partial charge on any atom is -0.381 e. The van der Waals surface area contributed by atoms with Crippen molar-refractivity contribution in [2.45, 2.75) is 32.6 Å². The van der Waals surface area contributed by atoms with Gasteiger partial charge in [0.05, 0.1) is 26.4 Å². The van der Waals surface area contributed by atoms with Gasteiger partial charge < -0.3 is 24.8 Å². The van der Waals surface area contributed by atoms with E-state index in [1.54, 1.807) is 7.05 Å². The van der Waals surface area contributed by atoms with Crippen molar-refractivity contribution in [2.24, 2.45) is 10.9 Å². The Kier molecular flexibility index (Phi) is 10.4. The van der Waals surface area contributed by atoms with Crippen LogP contribution in [0.4, 0.5) is 0 Å². The molecular weight excluding hydrogens is 390 g/mol. The summed E-state index contributed by atoms with van der Waals surface area (Å²) in [5, 5.41) is 6.75. The van der Waals surface area contributed by atoms with Crippen LogP contribution < -0.4 is 10.6 Å². The molecule has 0 radical (unpaired) electrons. The molecule has 1 atom stereocenters. The van der Waals surface area contributed by atoms with Crippen LogP contribution in [0.3, 0.4) is 0 Å². The Morgan fingerprint density at radius 1 is 1.00 bits per heavy atom. The highest BCUT2D eigenvalue weighted by molar-refractivity contribution is 5.79. The van der Waals surface area contributed by atoms with Crippen molar-refractivity contribution in [3.8, 4) is 0 Å². The van der Waals surface area contributed by atoms with E-state index in [1.165, 1.54) is 16.7 Å². The maximum Gasteiger partial charge on any atom is 0.191 e. The molecule has 0 amide bonds. The Bertz CT molecular complexity index is 777. The molecule has 0 bridgehead atoms. The van der Waals surface area contributed by atoms with Crippen LogP contribution in [0.25, 0.3) is 0 Å². The van der Waals surface area contributed by atoms with Crippen LogP contribution in [0.2, 0.25) is 0 Å². The molecule has 0 spiro atoms. The monoisotopic (exact) mass is 425 g/mol. The number of hydrogen-bond donors (Lipinski definition) is 2. The summed E-state index contributed by atoms with van der Waals surface area (Å²) in [4.78, 5) is 4.32. The average Bonchev–Trinajstić information content (AvgIpc) is 3.33. The van der Waals surface area contributed by atoms with Gasteiger partial charge in [-0.05, 0) is 29.5 Å². The standard InChI is InChI=1S/C25H35N3O3/c1-26-25(27-13-7-14-29-18-22-12-15-30-19-22)28-16-23-10-5-6-11-24(23)20-31-17-21-8-3-2-4-9-21/h2-6,8-11,22H,7,12-20H2,1H3,(H2,26,27,28). The number of ether oxygens (including phenoxy) is 3. The maximum atomic E-state index is 5.92. The highest BCUT2D eigenvalue weighted by Crippen LogP contribution is 2.13. The second-order valence-electron chi connectivity index (χ2n) is 7.76. The van der Waals surface area contributed by atoms with Gasteiger partial charge in [0.2, 0.25) is 0 Å². The molecule has 6 heteroatoms. The van der Waals surface area contributed by atoms with Crippen molar-refractivity contribution in [3.05, 3.63) is 71.3 Å². The number of aliphatic imine (C=N–C) groups is 1. The fraction of sp³-hybridized carbons (Fsp3) is 0.480. The second kappa shape index (κ2) is 13.8. The van der Waals surface area contributed by atoms with Crippen molar-refractivity contribution in [3.63, 3.8) is 0 Å². The van der Waals surface area contributed by atoms with Gasteiger partial charge in [0.1, 0.15) is 0 Å². The zero-order valence-corrected chi connectivity index (χ0v) is 18.5. The fourth-order valence-corrected chi connectivity index (χ4v) is 3.47. The molecule has 3 rings (SSSR count). The lowest BCUT2D eigenvalue weighted by atomic mass is 10.1. The first kappa shape index (κ1) is 23.3. The lowest BCUT2D eigenvalue weighted by molar-refractivity contribution is 0.0888. The Morgan fingerprint density at radius 3 is 2.58 bits per heavy atom. The van der Waals surface area contributed by atoms with Crippen LogP contribution >= 0.6 is 0 Å². The summed E-state index contributed by atoms with van der Waals surface area (Å²) >= 11 is 0. The van der Waals surface area contributed by atoms with Gasteiger partial charge in [-0.15, -0.1) is 0 Å². The van der Waals surface area contributed by atoms with Gasteiger partial charge in [-0.1, -0.05) is 54.6 Å². The molecule has 1 unspecified atom stereocenters. The average molecular weight is 426 g/mol. The van der Waals surface area contributed by atoms with E-state index in [2.05, 4.69) is 52.0 Å². The molecule has 1 aliphatic heterocycles. The van der Waals surface area contributed by atoms with Gasteiger partial charge in [0.25, 0.3) is 0 Å². The summed E-state index contributed by atoms with van der Waals surface area (Å²) in [5.74, 6) is 1.36. The number of guanidine groups is 1. The van der Waals surface area contributed by atoms with Gasteiger partial charge in [0.15, 0.2) is 5.96 Å². The Hall–Kier alpha value is -2.41. The van der Waals surface area contributed by atoms with Crippen molar-refractivity contribution in [1.29, 1.82) is 0 Å². The summed E-state index contributed by atoms with van der Waals surface area (Å²) < 4.78 is 17.0. The van der Waals surface area contributed by atoms with Gasteiger partial charge in [-0.3, -0.25) is 4.99 Å². The van der Waals surface area contributed by atoms with Gasteiger partial charge in [-0.25, -0.2) is 0 Å². The molecular formula is C25H35N3O3. The van der Waals surface area contributed by atoms with Crippen molar-refractivity contribution in [1.82, 2.24) is 10.6 Å². The Labute approximate surface area is 186 Å². The highest BCUT2D eigenvalue weighted by atomic mass is 16.5. The first-order chi connectivity index (χ1) is 15.3. The van der Waals surface area contributed by atoms with E-state index < -0.39 is 0 Å². The Balaban J connectivity index is 1.33. The zero-order chi connectivity index (χ0) is 21.6. The Morgan fingerprint density at radius 2 is 1.81 bits per heavy atom. The van der Waals surface area contributed by atoms with E-state index in [-0.39, 0.29) is 0 Å². The van der Waals surface area contributed by atoms with Crippen LogP contribution in [0.1, 0.15) is 29.5 Å². The number of nitrogens with one attached hydrogen (secondary N) is 2. The summed E-state index contributed by atoms with van der Waals surface area (Å²) in [7, 11) is 1.79. The molecule has 0 saturated carbocycles. The molecule has 0 aliphatic carbocycles. The third kappa shape index (κ3) is 8.69. The molecule has 2 aromatic rings. The second-order valence-corrected chi connectivity index (χ2v) is 7.76. The summed E-state index contributed by atoms with van der Waals surface area (Å²) in [6.07, 6.45) is 2.06. The van der Waals surface area contributed by atoms with E-state index >= 15 is 0 Å². The molecule has 31 heavy (non-hydrogen) atoms. The topological polar surface area (TPSA) is 64.1 Å². The minimum absolute atomic E-state index is 0.569. The highest BCUT2D eigenvalue weighted by Gasteiger charge is 2.15. The molecule has 1 fully saturated rings. The van der Waals surface area contributed by atoms with Crippen molar-refractivity contribution < 1.29 is 14.2 Å². The van der Waals surface area contributed by atoms with E-state index in [0.717, 1.165) is 51.8 Å². The van der Waals surface area contributed by atoms with Crippen LogP contribution in [0.15, 0.2) is 59.6 Å². The fourth-order valence-electron chi connectivity index (χ4n) is 3.47. The number of benzene rings is 2. The quantitative estimate of drug-likeness (QED) is 0.310. The van der Waals surface area contributed by atoms with E-state index in [4.69, 9.17) is 14.2 Å². The summed E-state index contributed by atoms with van der Waals surface area (Å²) in [6, 6.07) is 18.6. The van der Waals surface area contributed by atoms with Gasteiger partial charge in [0, 0.05) is 39.3 Å². The molecule has 1 saturated heterocycles. The summed E-state index contributed by atoms with van der Waals surface area (Å²) in [6.45, 7) is 5.99. The first-order valence-electron chi connectivity index (χ1n) is 11.1. The third-order valence-electron chi connectivity index (χ3n) is 5.29. The van der Waals surface area contributed by atoms with Gasteiger partial charge in [-0.2, -0.15) is 0 Å². The molecule has 1 aliphatic rings. The van der Waals surface area contributed by atoms with E-state index in [1.807, 2.05) is 18.2 Å². The number of hydrogen-bond acceptors (Lipinski definition) is 4. The minimum atomic E-state index is 0.569. The van der Waals surface area contributed by atoms with E-state index in [9.17, 15) is 0 Å². The molecule has 168 valence electrons. The maximum absolute atomic E-state index is 5.92. The number of rotatable bonds is 12. The zero-order valence-electron chi connectivity index (χ0n) is 18.5. The largest absolute Gasteiger partial charge is 0.381 e. The predicted molar refractivity (Wildman–Crippen MR) is 124 cm³/mol. The molecule has 2 aromatic carbocycles. The lowest BCUT2D eigenvalue weighted by Gasteiger charge is -2.15. The van der Waals surface area contributed by atoms with Crippen LogP contribution in [0, 0.1) is 5.92 Å². The molecule has 6 nitrogen and oxygen atoms in total. The first-order valence-corrected chi connectivity index (χ1v) is 11.1. The number of nitrogens with zero attached hydrogens (tertiary/aromatic N) is 1. The third-order valence-corrected chi connectivity index (χ3v) is 5.29. The van der Waals surface area contributed by atoms with Crippen LogP contribution in [-0.2, 0) is 34.0 Å². The lowest BCUT2D eigenvalue weighted by Crippen LogP contribution is -2.37. The smallest absolute Gasteiger partial charge is 0.191 e. The predicted octanol–water partition coefficient (Wildman–Crippen LogP) is 3.51. The van der Waals surface area contributed by atoms with Crippen molar-refractivity contribution >= 4 is 5.96 Å². The SMILES string of the molecule is CN=C(NCCCOCC1CCOC1)NCc1ccccc1COCc1ccccc1. The van der Waals surface area contributed by atoms with E-state index in [0.29, 0.717) is 25.7 Å². The van der Waals surface area contributed by atoms with Crippen molar-refractivity contribution in [2.75, 3.05) is 40.0 Å². The van der Waals surface area contributed by atoms with Crippen LogP contribution in [0.5, 0.6) is 0 Å². The summed E-state index contributed by atoms with van der Waals surface area (Å²) in [5.41, 5.74) is 3.58. The van der Waals surface area contributed by atoms with Crippen LogP contribution in [-0.4, -0.2) is 46.0 Å². The van der Waals surface area contributed by atoms with Gasteiger partial charge >= 0.3 is 0 Å². The normalized spacial score (nSPS) is 16.4. The molecule has 2 N–H and O–H groups in total.